The standard InChI is InChI=1S/C13H15NO5S3/c1-19-13(16)12-11(5-8-21-12)22(17,18)14-6-4-9(15)10-3-2-7-20-10/h2-3,5,7-9,14-15H,4,6H2,1H3. The number of methoxy groups -OCH3 is 1. The maximum Gasteiger partial charge on any atom is 0.349 e. The third-order valence-corrected chi connectivity index (χ3v) is 6.37. The van der Waals surface area contributed by atoms with Crippen molar-refractivity contribution in [3.63, 3.8) is 0 Å². The lowest BCUT2D eigenvalue weighted by Gasteiger charge is -2.10. The molecule has 22 heavy (non-hydrogen) atoms. The highest BCUT2D eigenvalue weighted by Gasteiger charge is 2.24. The van der Waals surface area contributed by atoms with Crippen molar-refractivity contribution >= 4 is 38.7 Å². The van der Waals surface area contributed by atoms with Crippen molar-refractivity contribution in [3.8, 4) is 0 Å². The molecular formula is C13H15NO5S3. The second-order valence-corrected chi connectivity index (χ2v) is 7.95. The molecule has 0 aliphatic carbocycles. The van der Waals surface area contributed by atoms with Gasteiger partial charge in [-0.2, -0.15) is 0 Å². The molecule has 2 N–H and O–H groups in total. The SMILES string of the molecule is COC(=O)c1sccc1S(=O)(=O)NCCC(O)c1cccs1. The van der Waals surface area contributed by atoms with Gasteiger partial charge in [0.05, 0.1) is 13.2 Å². The van der Waals surface area contributed by atoms with E-state index in [0.717, 1.165) is 16.2 Å². The number of hydrogen-bond donors (Lipinski definition) is 2. The second-order valence-electron chi connectivity index (χ2n) is 4.32. The van der Waals surface area contributed by atoms with Gasteiger partial charge in [-0.1, -0.05) is 6.07 Å². The number of sulfonamides is 1. The summed E-state index contributed by atoms with van der Waals surface area (Å²) in [6.45, 7) is 0.0673. The minimum Gasteiger partial charge on any atom is -0.465 e. The van der Waals surface area contributed by atoms with Gasteiger partial charge in [0, 0.05) is 11.4 Å². The fraction of sp³-hybridized carbons (Fsp3) is 0.308. The first-order valence-electron chi connectivity index (χ1n) is 6.32. The Labute approximate surface area is 136 Å². The Hall–Kier alpha value is -1.26. The predicted octanol–water partition coefficient (Wildman–Crippen LogP) is 2.00. The van der Waals surface area contributed by atoms with Crippen LogP contribution in [0.3, 0.4) is 0 Å². The van der Waals surface area contributed by atoms with Crippen LogP contribution in [-0.4, -0.2) is 33.1 Å². The fourth-order valence-electron chi connectivity index (χ4n) is 1.78. The summed E-state index contributed by atoms with van der Waals surface area (Å²) in [7, 11) is -2.62. The van der Waals surface area contributed by atoms with Crippen LogP contribution in [0, 0.1) is 0 Å². The number of hydrogen-bond acceptors (Lipinski definition) is 7. The second kappa shape index (κ2) is 7.34. The third kappa shape index (κ3) is 3.93. The summed E-state index contributed by atoms with van der Waals surface area (Å²) in [5, 5.41) is 13.3. The van der Waals surface area contributed by atoms with Crippen molar-refractivity contribution in [2.45, 2.75) is 17.4 Å². The van der Waals surface area contributed by atoms with Gasteiger partial charge in [0.2, 0.25) is 10.0 Å². The molecule has 0 saturated carbocycles. The van der Waals surface area contributed by atoms with E-state index in [2.05, 4.69) is 9.46 Å². The highest BCUT2D eigenvalue weighted by atomic mass is 32.2. The maximum atomic E-state index is 12.2. The zero-order chi connectivity index (χ0) is 16.2. The lowest BCUT2D eigenvalue weighted by atomic mass is 10.2. The largest absolute Gasteiger partial charge is 0.465 e. The van der Waals surface area contributed by atoms with Crippen molar-refractivity contribution in [2.24, 2.45) is 0 Å². The van der Waals surface area contributed by atoms with E-state index in [1.54, 1.807) is 6.07 Å². The van der Waals surface area contributed by atoms with Crippen LogP contribution < -0.4 is 4.72 Å². The van der Waals surface area contributed by atoms with Gasteiger partial charge in [-0.05, 0) is 29.3 Å². The van der Waals surface area contributed by atoms with Gasteiger partial charge in [0.15, 0.2) is 0 Å². The van der Waals surface area contributed by atoms with E-state index < -0.39 is 22.1 Å². The Morgan fingerprint density at radius 2 is 2.14 bits per heavy atom. The van der Waals surface area contributed by atoms with Gasteiger partial charge in [-0.3, -0.25) is 0 Å². The number of aliphatic hydroxyl groups excluding tert-OH is 1. The van der Waals surface area contributed by atoms with Crippen molar-refractivity contribution in [2.75, 3.05) is 13.7 Å². The number of rotatable bonds is 7. The zero-order valence-corrected chi connectivity index (χ0v) is 14.1. The maximum absolute atomic E-state index is 12.2. The lowest BCUT2D eigenvalue weighted by molar-refractivity contribution is 0.0602. The molecule has 0 aliphatic heterocycles. The Morgan fingerprint density at radius 1 is 1.36 bits per heavy atom. The molecule has 0 saturated heterocycles. The van der Waals surface area contributed by atoms with Crippen molar-refractivity contribution in [1.29, 1.82) is 0 Å². The third-order valence-electron chi connectivity index (χ3n) is 2.87. The molecule has 9 heteroatoms. The van der Waals surface area contributed by atoms with Gasteiger partial charge in [0.25, 0.3) is 0 Å². The van der Waals surface area contributed by atoms with Crippen LogP contribution in [0.25, 0.3) is 0 Å². The van der Waals surface area contributed by atoms with Gasteiger partial charge >= 0.3 is 5.97 Å². The first-order valence-corrected chi connectivity index (χ1v) is 9.57. The number of thiophene rings is 2. The first kappa shape index (κ1) is 17.1. The van der Waals surface area contributed by atoms with E-state index in [1.165, 1.54) is 29.9 Å². The van der Waals surface area contributed by atoms with E-state index in [1.807, 2.05) is 11.4 Å². The molecule has 0 radical (unpaired) electrons. The van der Waals surface area contributed by atoms with E-state index in [9.17, 15) is 18.3 Å². The Bertz CT molecular complexity index is 721. The molecular weight excluding hydrogens is 346 g/mol. The first-order chi connectivity index (χ1) is 10.5. The molecule has 2 rings (SSSR count). The highest BCUT2D eigenvalue weighted by molar-refractivity contribution is 7.89. The van der Waals surface area contributed by atoms with Gasteiger partial charge in [0.1, 0.15) is 9.77 Å². The highest BCUT2D eigenvalue weighted by Crippen LogP contribution is 2.24. The van der Waals surface area contributed by atoms with Crippen molar-refractivity contribution in [1.82, 2.24) is 4.72 Å². The molecule has 0 fully saturated rings. The zero-order valence-electron chi connectivity index (χ0n) is 11.7. The summed E-state index contributed by atoms with van der Waals surface area (Å²) in [5.41, 5.74) is 0. The van der Waals surface area contributed by atoms with Crippen molar-refractivity contribution < 1.29 is 23.1 Å². The van der Waals surface area contributed by atoms with Crippen LogP contribution in [-0.2, 0) is 14.8 Å². The van der Waals surface area contributed by atoms with Crippen LogP contribution in [0.2, 0.25) is 0 Å². The summed E-state index contributed by atoms with van der Waals surface area (Å²) in [5.74, 6) is -0.686. The van der Waals surface area contributed by atoms with Gasteiger partial charge in [-0.25, -0.2) is 17.9 Å². The molecule has 2 heterocycles. The normalized spacial score (nSPS) is 13.0. The Balaban J connectivity index is 2.00. The predicted molar refractivity (Wildman–Crippen MR) is 84.7 cm³/mol. The Kier molecular flexibility index (Phi) is 5.70. The topological polar surface area (TPSA) is 92.7 Å². The molecule has 2 aromatic rings. The number of carbonyl (C=O) groups is 1. The van der Waals surface area contributed by atoms with Crippen LogP contribution >= 0.6 is 22.7 Å². The summed E-state index contributed by atoms with van der Waals surface area (Å²) in [4.78, 5) is 12.3. The molecule has 0 aromatic carbocycles. The number of aliphatic hydroxyl groups is 1. The average molecular weight is 361 g/mol. The lowest BCUT2D eigenvalue weighted by Crippen LogP contribution is -2.26. The summed E-state index contributed by atoms with van der Waals surface area (Å²) >= 11 is 2.41. The molecule has 0 amide bonds. The average Bonchev–Trinajstić information content (AvgIpc) is 3.17. The molecule has 1 unspecified atom stereocenters. The van der Waals surface area contributed by atoms with Gasteiger partial charge < -0.3 is 9.84 Å². The van der Waals surface area contributed by atoms with Crippen LogP contribution in [0.15, 0.2) is 33.9 Å². The monoisotopic (exact) mass is 361 g/mol. The summed E-state index contributed by atoms with van der Waals surface area (Å²) < 4.78 is 31.4. The van der Waals surface area contributed by atoms with Crippen LogP contribution in [0.1, 0.15) is 27.1 Å². The van der Waals surface area contributed by atoms with E-state index in [-0.39, 0.29) is 22.7 Å². The number of esters is 1. The quantitative estimate of drug-likeness (QED) is 0.736. The van der Waals surface area contributed by atoms with Crippen molar-refractivity contribution in [3.05, 3.63) is 38.7 Å². The number of carbonyl (C=O) groups excluding carboxylic acids is 1. The Morgan fingerprint density at radius 3 is 2.77 bits per heavy atom. The van der Waals surface area contributed by atoms with E-state index >= 15 is 0 Å². The molecule has 1 atom stereocenters. The number of ether oxygens (including phenoxy) is 1. The van der Waals surface area contributed by atoms with E-state index in [0.29, 0.717) is 0 Å². The molecule has 0 spiro atoms. The molecule has 2 aromatic heterocycles. The minimum atomic E-state index is -3.82. The molecule has 0 bridgehead atoms. The smallest absolute Gasteiger partial charge is 0.349 e. The minimum absolute atomic E-state index is 0.0359. The van der Waals surface area contributed by atoms with Crippen LogP contribution in [0.4, 0.5) is 0 Å². The fourth-order valence-corrected chi connectivity index (χ4v) is 4.91. The summed E-state index contributed by atoms with van der Waals surface area (Å²) in [6.07, 6.45) is -0.470. The molecule has 0 aliphatic rings. The van der Waals surface area contributed by atoms with Gasteiger partial charge in [-0.15, -0.1) is 22.7 Å². The molecule has 6 nitrogen and oxygen atoms in total. The summed E-state index contributed by atoms with van der Waals surface area (Å²) in [6, 6.07) is 4.97. The van der Waals surface area contributed by atoms with E-state index in [4.69, 9.17) is 0 Å². The molecule has 120 valence electrons. The van der Waals surface area contributed by atoms with Crippen LogP contribution in [0.5, 0.6) is 0 Å². The number of nitrogens with one attached hydrogen (secondary N) is 1.